The zero-order valence-corrected chi connectivity index (χ0v) is 10.5. The van der Waals surface area contributed by atoms with Gasteiger partial charge in [-0.25, -0.2) is 4.39 Å². The number of benzene rings is 2. The molecule has 0 aliphatic rings. The number of halogens is 4. The van der Waals surface area contributed by atoms with Gasteiger partial charge in [-0.3, -0.25) is 0 Å². The highest BCUT2D eigenvalue weighted by Crippen LogP contribution is 2.30. The van der Waals surface area contributed by atoms with Crippen LogP contribution in [0, 0.1) is 5.82 Å². The van der Waals surface area contributed by atoms with Gasteiger partial charge < -0.3 is 5.73 Å². The molecule has 1 unspecified atom stereocenters. The molecule has 0 spiro atoms. The third-order valence-corrected chi connectivity index (χ3v) is 3.01. The van der Waals surface area contributed by atoms with Crippen LogP contribution in [-0.4, -0.2) is 0 Å². The maximum Gasteiger partial charge on any atom is 0.416 e. The molecular formula is C15H13F4N. The minimum atomic E-state index is -4.39. The molecule has 0 radical (unpaired) electrons. The van der Waals surface area contributed by atoms with E-state index in [1.807, 2.05) is 0 Å². The van der Waals surface area contributed by atoms with Gasteiger partial charge in [0, 0.05) is 11.6 Å². The average Bonchev–Trinajstić information content (AvgIpc) is 2.38. The van der Waals surface area contributed by atoms with Crippen molar-refractivity contribution >= 4 is 0 Å². The third-order valence-electron chi connectivity index (χ3n) is 3.01. The zero-order valence-electron chi connectivity index (χ0n) is 10.5. The maximum atomic E-state index is 13.6. The molecule has 0 aliphatic heterocycles. The van der Waals surface area contributed by atoms with Crippen molar-refractivity contribution in [2.24, 2.45) is 5.73 Å². The fourth-order valence-electron chi connectivity index (χ4n) is 2.01. The molecular weight excluding hydrogens is 270 g/mol. The lowest BCUT2D eigenvalue weighted by Crippen LogP contribution is -2.15. The number of hydrogen-bond donors (Lipinski definition) is 1. The fraction of sp³-hybridized carbons (Fsp3) is 0.200. The van der Waals surface area contributed by atoms with Crippen LogP contribution in [0.5, 0.6) is 0 Å². The summed E-state index contributed by atoms with van der Waals surface area (Å²) in [6.07, 6.45) is -4.25. The third kappa shape index (κ3) is 3.36. The zero-order chi connectivity index (χ0) is 14.8. The first-order chi connectivity index (χ1) is 9.38. The van der Waals surface area contributed by atoms with Gasteiger partial charge in [0.2, 0.25) is 0 Å². The van der Waals surface area contributed by atoms with Gasteiger partial charge in [-0.05, 0) is 24.1 Å². The van der Waals surface area contributed by atoms with Crippen LogP contribution in [0.15, 0.2) is 48.5 Å². The van der Waals surface area contributed by atoms with Crippen molar-refractivity contribution < 1.29 is 17.6 Å². The molecule has 2 aromatic carbocycles. The second kappa shape index (κ2) is 5.63. The Kier molecular flexibility index (Phi) is 4.09. The van der Waals surface area contributed by atoms with E-state index in [0.717, 1.165) is 12.1 Å². The number of hydrogen-bond acceptors (Lipinski definition) is 1. The minimum Gasteiger partial charge on any atom is -0.324 e. The van der Waals surface area contributed by atoms with Gasteiger partial charge in [-0.2, -0.15) is 13.2 Å². The van der Waals surface area contributed by atoms with E-state index in [1.54, 1.807) is 12.1 Å². The molecule has 1 nitrogen and oxygen atoms in total. The molecule has 0 saturated carbocycles. The first-order valence-corrected chi connectivity index (χ1v) is 6.04. The summed E-state index contributed by atoms with van der Waals surface area (Å²) in [5.41, 5.74) is 5.86. The molecule has 0 aliphatic carbocycles. The topological polar surface area (TPSA) is 26.0 Å². The molecule has 0 bridgehead atoms. The van der Waals surface area contributed by atoms with E-state index >= 15 is 0 Å². The van der Waals surface area contributed by atoms with E-state index in [4.69, 9.17) is 5.73 Å². The van der Waals surface area contributed by atoms with Crippen molar-refractivity contribution in [3.63, 3.8) is 0 Å². The Hall–Kier alpha value is -1.88. The normalized spacial score (nSPS) is 13.2. The lowest BCUT2D eigenvalue weighted by Gasteiger charge is -2.14. The lowest BCUT2D eigenvalue weighted by molar-refractivity contribution is -0.137. The van der Waals surface area contributed by atoms with E-state index in [-0.39, 0.29) is 6.42 Å². The van der Waals surface area contributed by atoms with Crippen LogP contribution in [0.2, 0.25) is 0 Å². The molecule has 2 N–H and O–H groups in total. The number of nitrogens with two attached hydrogens (primary N) is 1. The van der Waals surface area contributed by atoms with Crippen LogP contribution < -0.4 is 5.73 Å². The van der Waals surface area contributed by atoms with Gasteiger partial charge >= 0.3 is 6.18 Å². The Labute approximate surface area is 114 Å². The van der Waals surface area contributed by atoms with Crippen LogP contribution in [0.4, 0.5) is 17.6 Å². The Balaban J connectivity index is 2.20. The summed E-state index contributed by atoms with van der Waals surface area (Å²) >= 11 is 0. The van der Waals surface area contributed by atoms with Gasteiger partial charge in [-0.1, -0.05) is 36.4 Å². The molecule has 0 aromatic heterocycles. The van der Waals surface area contributed by atoms with Crippen LogP contribution in [0.25, 0.3) is 0 Å². The molecule has 0 amide bonds. The van der Waals surface area contributed by atoms with Gasteiger partial charge in [0.15, 0.2) is 0 Å². The Bertz CT molecular complexity index is 592. The first-order valence-electron chi connectivity index (χ1n) is 6.04. The first kappa shape index (κ1) is 14.5. The highest BCUT2D eigenvalue weighted by molar-refractivity contribution is 5.29. The van der Waals surface area contributed by atoms with Gasteiger partial charge in [0.05, 0.1) is 5.56 Å². The van der Waals surface area contributed by atoms with E-state index in [9.17, 15) is 17.6 Å². The number of alkyl halides is 3. The Morgan fingerprint density at radius 3 is 2.35 bits per heavy atom. The molecule has 0 heterocycles. The molecule has 106 valence electrons. The van der Waals surface area contributed by atoms with E-state index in [1.165, 1.54) is 24.3 Å². The van der Waals surface area contributed by atoms with Gasteiger partial charge in [0.1, 0.15) is 5.82 Å². The monoisotopic (exact) mass is 283 g/mol. The summed E-state index contributed by atoms with van der Waals surface area (Å²) in [6, 6.07) is 10.2. The summed E-state index contributed by atoms with van der Waals surface area (Å²) in [5, 5.41) is 0. The van der Waals surface area contributed by atoms with Crippen LogP contribution >= 0.6 is 0 Å². The van der Waals surface area contributed by atoms with Crippen LogP contribution in [-0.2, 0) is 12.6 Å². The second-order valence-electron chi connectivity index (χ2n) is 4.53. The molecule has 0 fully saturated rings. The molecule has 0 saturated heterocycles. The average molecular weight is 283 g/mol. The smallest absolute Gasteiger partial charge is 0.324 e. The summed E-state index contributed by atoms with van der Waals surface area (Å²) < 4.78 is 51.4. The van der Waals surface area contributed by atoms with Crippen molar-refractivity contribution in [1.82, 2.24) is 0 Å². The highest BCUT2D eigenvalue weighted by atomic mass is 19.4. The van der Waals surface area contributed by atoms with Gasteiger partial charge in [-0.15, -0.1) is 0 Å². The van der Waals surface area contributed by atoms with E-state index in [0.29, 0.717) is 11.1 Å². The summed E-state index contributed by atoms with van der Waals surface area (Å²) in [4.78, 5) is 0. The lowest BCUT2D eigenvalue weighted by atomic mass is 9.98. The summed E-state index contributed by atoms with van der Waals surface area (Å²) in [5.74, 6) is -0.452. The largest absolute Gasteiger partial charge is 0.416 e. The predicted octanol–water partition coefficient (Wildman–Crippen LogP) is 4.09. The fourth-order valence-corrected chi connectivity index (χ4v) is 2.01. The molecule has 1 atom stereocenters. The maximum absolute atomic E-state index is 13.6. The van der Waals surface area contributed by atoms with Crippen molar-refractivity contribution in [2.75, 3.05) is 0 Å². The second-order valence-corrected chi connectivity index (χ2v) is 4.53. The van der Waals surface area contributed by atoms with Crippen molar-refractivity contribution in [1.29, 1.82) is 0 Å². The summed E-state index contributed by atoms with van der Waals surface area (Å²) in [6.45, 7) is 0. The molecule has 2 aromatic rings. The SMILES string of the molecule is NC(Cc1cccc(C(F)(F)F)c1)c1ccccc1F. The predicted molar refractivity (Wildman–Crippen MR) is 68.5 cm³/mol. The van der Waals surface area contributed by atoms with E-state index < -0.39 is 23.6 Å². The van der Waals surface area contributed by atoms with Gasteiger partial charge in [0.25, 0.3) is 0 Å². The van der Waals surface area contributed by atoms with Crippen LogP contribution in [0.3, 0.4) is 0 Å². The number of rotatable bonds is 3. The highest BCUT2D eigenvalue weighted by Gasteiger charge is 2.30. The van der Waals surface area contributed by atoms with Crippen molar-refractivity contribution in [2.45, 2.75) is 18.6 Å². The van der Waals surface area contributed by atoms with Crippen LogP contribution in [0.1, 0.15) is 22.7 Å². The minimum absolute atomic E-state index is 0.144. The molecule has 20 heavy (non-hydrogen) atoms. The van der Waals surface area contributed by atoms with Crippen molar-refractivity contribution in [3.05, 3.63) is 71.0 Å². The quantitative estimate of drug-likeness (QED) is 0.844. The Morgan fingerprint density at radius 1 is 1.00 bits per heavy atom. The van der Waals surface area contributed by atoms with E-state index in [2.05, 4.69) is 0 Å². The standard InChI is InChI=1S/C15H13F4N/c16-13-7-2-1-6-12(13)14(20)9-10-4-3-5-11(8-10)15(17,18)19/h1-8,14H,9,20H2. The summed E-state index contributed by atoms with van der Waals surface area (Å²) in [7, 11) is 0. The molecule has 5 heteroatoms. The molecule has 2 rings (SSSR count). The van der Waals surface area contributed by atoms with Crippen molar-refractivity contribution in [3.8, 4) is 0 Å². The Morgan fingerprint density at radius 2 is 1.70 bits per heavy atom.